The standard InChI is InChI=1S/C20H28N4O3S2/c1-22-12-14-24(15-13-22)11-4-10-21-20(25)17-6-8-18(9-7-17)23(2)29(26,27)19-5-3-16-28-19/h3,5-9,16H,4,10-15H2,1-2H3,(H,21,25). The molecule has 9 heteroatoms. The molecule has 1 aromatic heterocycles. The highest BCUT2D eigenvalue weighted by Crippen LogP contribution is 2.25. The van der Waals surface area contributed by atoms with E-state index in [0.717, 1.165) is 39.1 Å². The molecule has 1 fully saturated rings. The normalized spacial score (nSPS) is 15.9. The third-order valence-corrected chi connectivity index (χ3v) is 8.29. The minimum atomic E-state index is -3.57. The molecule has 2 heterocycles. The highest BCUT2D eigenvalue weighted by Gasteiger charge is 2.22. The van der Waals surface area contributed by atoms with Crippen LogP contribution in [0, 0.1) is 0 Å². The number of piperazine rings is 1. The summed E-state index contributed by atoms with van der Waals surface area (Å²) in [4.78, 5) is 17.1. The molecule has 0 bridgehead atoms. The Morgan fingerprint density at radius 3 is 2.45 bits per heavy atom. The third kappa shape index (κ3) is 5.57. The van der Waals surface area contributed by atoms with Gasteiger partial charge in [0.2, 0.25) is 0 Å². The van der Waals surface area contributed by atoms with Gasteiger partial charge in [0, 0.05) is 45.3 Å². The van der Waals surface area contributed by atoms with E-state index in [1.54, 1.807) is 41.8 Å². The molecule has 0 aliphatic carbocycles. The average Bonchev–Trinajstić information content (AvgIpc) is 3.28. The van der Waals surface area contributed by atoms with Crippen molar-refractivity contribution in [3.8, 4) is 0 Å². The highest BCUT2D eigenvalue weighted by molar-refractivity contribution is 7.94. The Kier molecular flexibility index (Phi) is 7.28. The number of carbonyl (C=O) groups excluding carboxylic acids is 1. The van der Waals surface area contributed by atoms with E-state index in [4.69, 9.17) is 0 Å². The van der Waals surface area contributed by atoms with Gasteiger partial charge in [0.25, 0.3) is 15.9 Å². The molecule has 0 unspecified atom stereocenters. The van der Waals surface area contributed by atoms with Crippen LogP contribution in [0.2, 0.25) is 0 Å². The van der Waals surface area contributed by atoms with Crippen LogP contribution in [0.1, 0.15) is 16.8 Å². The minimum Gasteiger partial charge on any atom is -0.352 e. The summed E-state index contributed by atoms with van der Waals surface area (Å²) in [7, 11) is 0.0835. The summed E-state index contributed by atoms with van der Waals surface area (Å²) < 4.78 is 26.7. The van der Waals surface area contributed by atoms with Crippen molar-refractivity contribution in [3.05, 3.63) is 47.3 Å². The zero-order chi connectivity index (χ0) is 20.9. The Balaban J connectivity index is 1.48. The first kappa shape index (κ1) is 21.8. The van der Waals surface area contributed by atoms with Crippen LogP contribution < -0.4 is 9.62 Å². The number of anilines is 1. The first-order valence-electron chi connectivity index (χ1n) is 9.69. The Labute approximate surface area is 177 Å². The molecule has 158 valence electrons. The van der Waals surface area contributed by atoms with Crippen molar-refractivity contribution in [3.63, 3.8) is 0 Å². The number of hydrogen-bond acceptors (Lipinski definition) is 6. The van der Waals surface area contributed by atoms with Gasteiger partial charge in [0.05, 0.1) is 5.69 Å². The minimum absolute atomic E-state index is 0.140. The van der Waals surface area contributed by atoms with Crippen LogP contribution in [0.15, 0.2) is 46.0 Å². The number of nitrogens with zero attached hydrogens (tertiary/aromatic N) is 3. The van der Waals surface area contributed by atoms with Gasteiger partial charge >= 0.3 is 0 Å². The van der Waals surface area contributed by atoms with E-state index >= 15 is 0 Å². The Morgan fingerprint density at radius 1 is 1.14 bits per heavy atom. The van der Waals surface area contributed by atoms with Gasteiger partial charge in [0.15, 0.2) is 0 Å². The number of rotatable bonds is 8. The van der Waals surface area contributed by atoms with Gasteiger partial charge < -0.3 is 15.1 Å². The van der Waals surface area contributed by atoms with Crippen LogP contribution in [0.4, 0.5) is 5.69 Å². The van der Waals surface area contributed by atoms with Gasteiger partial charge in [0.1, 0.15) is 4.21 Å². The van der Waals surface area contributed by atoms with Crippen molar-refractivity contribution in [1.29, 1.82) is 0 Å². The van der Waals surface area contributed by atoms with Crippen LogP contribution in [0.25, 0.3) is 0 Å². The molecular formula is C20H28N4O3S2. The van der Waals surface area contributed by atoms with Gasteiger partial charge in [-0.15, -0.1) is 11.3 Å². The quantitative estimate of drug-likeness (QED) is 0.641. The average molecular weight is 437 g/mol. The first-order chi connectivity index (χ1) is 13.9. The molecule has 1 aromatic carbocycles. The lowest BCUT2D eigenvalue weighted by Gasteiger charge is -2.32. The lowest BCUT2D eigenvalue weighted by Crippen LogP contribution is -2.45. The molecule has 29 heavy (non-hydrogen) atoms. The molecule has 1 amide bonds. The van der Waals surface area contributed by atoms with E-state index in [9.17, 15) is 13.2 Å². The maximum atomic E-state index is 12.6. The van der Waals surface area contributed by atoms with Gasteiger partial charge in [-0.2, -0.15) is 0 Å². The van der Waals surface area contributed by atoms with E-state index in [-0.39, 0.29) is 5.91 Å². The number of thiophene rings is 1. The van der Waals surface area contributed by atoms with Crippen molar-refractivity contribution in [2.75, 3.05) is 57.7 Å². The first-order valence-corrected chi connectivity index (χ1v) is 12.0. The SMILES string of the molecule is CN1CCN(CCCNC(=O)c2ccc(N(C)S(=O)(=O)c3cccs3)cc2)CC1. The third-order valence-electron chi connectivity index (χ3n) is 5.14. The second-order valence-electron chi connectivity index (χ2n) is 7.21. The number of hydrogen-bond donors (Lipinski definition) is 1. The van der Waals surface area contributed by atoms with Crippen molar-refractivity contribution >= 4 is 33.0 Å². The topological polar surface area (TPSA) is 73.0 Å². The summed E-state index contributed by atoms with van der Waals surface area (Å²) >= 11 is 1.18. The Bertz CT molecular complexity index is 890. The van der Waals surface area contributed by atoms with E-state index in [1.807, 2.05) is 0 Å². The molecule has 1 N–H and O–H groups in total. The molecule has 0 atom stereocenters. The number of nitrogens with one attached hydrogen (secondary N) is 1. The second-order valence-corrected chi connectivity index (χ2v) is 10.3. The van der Waals surface area contributed by atoms with Crippen molar-refractivity contribution in [2.24, 2.45) is 0 Å². The van der Waals surface area contributed by atoms with E-state index < -0.39 is 10.0 Å². The fourth-order valence-corrected chi connectivity index (χ4v) is 5.54. The fourth-order valence-electron chi connectivity index (χ4n) is 3.18. The zero-order valence-corrected chi connectivity index (χ0v) is 18.5. The van der Waals surface area contributed by atoms with Crippen LogP contribution in [-0.4, -0.2) is 77.5 Å². The lowest BCUT2D eigenvalue weighted by atomic mass is 10.2. The maximum absolute atomic E-state index is 12.6. The lowest BCUT2D eigenvalue weighted by molar-refractivity contribution is 0.0949. The number of benzene rings is 1. The molecule has 1 aliphatic rings. The Morgan fingerprint density at radius 2 is 1.83 bits per heavy atom. The van der Waals surface area contributed by atoms with Crippen LogP contribution in [0.5, 0.6) is 0 Å². The van der Waals surface area contributed by atoms with Crippen molar-refractivity contribution in [1.82, 2.24) is 15.1 Å². The van der Waals surface area contributed by atoms with E-state index in [0.29, 0.717) is 22.0 Å². The molecule has 1 saturated heterocycles. The smallest absolute Gasteiger partial charge is 0.273 e. The molecular weight excluding hydrogens is 408 g/mol. The predicted octanol–water partition coefficient (Wildman–Crippen LogP) is 1.94. The number of amides is 1. The Hall–Kier alpha value is -1.94. The summed E-state index contributed by atoms with van der Waals surface area (Å²) in [6.07, 6.45) is 0.912. The van der Waals surface area contributed by atoms with Gasteiger partial charge in [-0.05, 0) is 55.7 Å². The number of carbonyl (C=O) groups is 1. The molecule has 0 spiro atoms. The summed E-state index contributed by atoms with van der Waals surface area (Å²) in [5.41, 5.74) is 1.04. The molecule has 2 aromatic rings. The van der Waals surface area contributed by atoms with Gasteiger partial charge in [-0.1, -0.05) is 6.07 Å². The van der Waals surface area contributed by atoms with Gasteiger partial charge in [-0.25, -0.2) is 8.42 Å². The summed E-state index contributed by atoms with van der Waals surface area (Å²) in [6.45, 7) is 5.95. The largest absolute Gasteiger partial charge is 0.352 e. The predicted molar refractivity (Wildman–Crippen MR) is 117 cm³/mol. The summed E-state index contributed by atoms with van der Waals surface area (Å²) in [5.74, 6) is -0.140. The summed E-state index contributed by atoms with van der Waals surface area (Å²) in [5, 5.41) is 4.68. The molecule has 7 nitrogen and oxygen atoms in total. The van der Waals surface area contributed by atoms with E-state index in [1.165, 1.54) is 22.7 Å². The summed E-state index contributed by atoms with van der Waals surface area (Å²) in [6, 6.07) is 9.93. The second kappa shape index (κ2) is 9.71. The van der Waals surface area contributed by atoms with Crippen LogP contribution in [-0.2, 0) is 10.0 Å². The monoisotopic (exact) mass is 436 g/mol. The van der Waals surface area contributed by atoms with Crippen LogP contribution >= 0.6 is 11.3 Å². The zero-order valence-electron chi connectivity index (χ0n) is 16.9. The van der Waals surface area contributed by atoms with Crippen molar-refractivity contribution < 1.29 is 13.2 Å². The fraction of sp³-hybridized carbons (Fsp3) is 0.450. The molecule has 0 saturated carbocycles. The number of sulfonamides is 1. The molecule has 3 rings (SSSR count). The highest BCUT2D eigenvalue weighted by atomic mass is 32.2. The molecule has 1 aliphatic heterocycles. The van der Waals surface area contributed by atoms with E-state index in [2.05, 4.69) is 22.2 Å². The molecule has 0 radical (unpaired) electrons. The van der Waals surface area contributed by atoms with Crippen LogP contribution in [0.3, 0.4) is 0 Å². The maximum Gasteiger partial charge on any atom is 0.273 e. The van der Waals surface area contributed by atoms with Gasteiger partial charge in [-0.3, -0.25) is 9.10 Å². The number of likely N-dealkylation sites (N-methyl/N-ethyl adjacent to an activating group) is 1. The van der Waals surface area contributed by atoms with Crippen molar-refractivity contribution in [2.45, 2.75) is 10.6 Å².